The SMILES string of the molecule is CCc1cc(N2C[C@H](COCC(=O)N(C)C)OC(C)(C)C2)nc(C)n1. The lowest BCUT2D eigenvalue weighted by molar-refractivity contribution is -0.139. The van der Waals surface area contributed by atoms with E-state index in [1.807, 2.05) is 13.0 Å². The minimum atomic E-state index is -0.316. The number of likely N-dealkylation sites (N-methyl/N-ethyl adjacent to an activating group) is 1. The zero-order chi connectivity index (χ0) is 18.6. The van der Waals surface area contributed by atoms with Crippen molar-refractivity contribution in [1.82, 2.24) is 14.9 Å². The number of aromatic nitrogens is 2. The Morgan fingerprint density at radius 3 is 2.80 bits per heavy atom. The summed E-state index contributed by atoms with van der Waals surface area (Å²) in [5.41, 5.74) is 0.722. The van der Waals surface area contributed by atoms with Gasteiger partial charge in [0.05, 0.1) is 18.3 Å². The maximum atomic E-state index is 11.6. The first-order valence-electron chi connectivity index (χ1n) is 8.75. The average Bonchev–Trinajstić information content (AvgIpc) is 2.52. The number of morpholine rings is 1. The van der Waals surface area contributed by atoms with Crippen LogP contribution in [0.2, 0.25) is 0 Å². The molecule has 7 heteroatoms. The Morgan fingerprint density at radius 1 is 1.44 bits per heavy atom. The highest BCUT2D eigenvalue weighted by molar-refractivity contribution is 5.76. The van der Waals surface area contributed by atoms with E-state index in [1.165, 1.54) is 4.90 Å². The molecule has 0 aromatic carbocycles. The van der Waals surface area contributed by atoms with Crippen LogP contribution in [0.1, 0.15) is 32.3 Å². The normalized spacial score (nSPS) is 19.8. The monoisotopic (exact) mass is 350 g/mol. The number of carbonyl (C=O) groups is 1. The van der Waals surface area contributed by atoms with Gasteiger partial charge in [0.1, 0.15) is 18.2 Å². The molecule has 0 unspecified atom stereocenters. The molecule has 1 aliphatic heterocycles. The summed E-state index contributed by atoms with van der Waals surface area (Å²) in [6.07, 6.45) is 0.766. The van der Waals surface area contributed by atoms with Gasteiger partial charge in [0.15, 0.2) is 0 Å². The largest absolute Gasteiger partial charge is 0.369 e. The van der Waals surface area contributed by atoms with Crippen LogP contribution in [-0.2, 0) is 20.7 Å². The first-order chi connectivity index (χ1) is 11.7. The van der Waals surface area contributed by atoms with Crippen LogP contribution in [0, 0.1) is 6.92 Å². The van der Waals surface area contributed by atoms with Crippen LogP contribution in [0.4, 0.5) is 5.82 Å². The minimum absolute atomic E-state index is 0.0501. The van der Waals surface area contributed by atoms with Gasteiger partial charge in [-0.3, -0.25) is 4.79 Å². The molecule has 25 heavy (non-hydrogen) atoms. The van der Waals surface area contributed by atoms with Crippen molar-refractivity contribution in [2.45, 2.75) is 45.8 Å². The molecule has 0 N–H and O–H groups in total. The predicted octanol–water partition coefficient (Wildman–Crippen LogP) is 1.44. The molecular weight excluding hydrogens is 320 g/mol. The topological polar surface area (TPSA) is 67.8 Å². The molecule has 0 spiro atoms. The number of aryl methyl sites for hydroxylation is 2. The van der Waals surface area contributed by atoms with Gasteiger partial charge in [0, 0.05) is 38.9 Å². The molecule has 1 aromatic rings. The highest BCUT2D eigenvalue weighted by atomic mass is 16.5. The standard InChI is InChI=1S/C18H30N4O3/c1-7-14-8-16(20-13(2)19-14)22-9-15(25-18(3,4)12-22)10-24-11-17(23)21(5)6/h8,15H,7,9-12H2,1-6H3/t15-/m1/s1. The maximum absolute atomic E-state index is 11.6. The molecular formula is C18H30N4O3. The highest BCUT2D eigenvalue weighted by Gasteiger charge is 2.34. The Bertz CT molecular complexity index is 604. The van der Waals surface area contributed by atoms with E-state index in [0.29, 0.717) is 13.2 Å². The molecule has 0 radical (unpaired) electrons. The van der Waals surface area contributed by atoms with Crippen LogP contribution < -0.4 is 4.90 Å². The summed E-state index contributed by atoms with van der Waals surface area (Å²) in [4.78, 5) is 24.4. The van der Waals surface area contributed by atoms with Crippen LogP contribution in [0.5, 0.6) is 0 Å². The number of anilines is 1. The summed E-state index contributed by atoms with van der Waals surface area (Å²) in [6, 6.07) is 2.04. The summed E-state index contributed by atoms with van der Waals surface area (Å²) in [5.74, 6) is 1.66. The lowest BCUT2D eigenvalue weighted by Gasteiger charge is -2.43. The van der Waals surface area contributed by atoms with Crippen molar-refractivity contribution in [1.29, 1.82) is 0 Å². The Labute approximate surface area is 150 Å². The van der Waals surface area contributed by atoms with Gasteiger partial charge in [-0.15, -0.1) is 0 Å². The molecule has 0 bridgehead atoms. The quantitative estimate of drug-likeness (QED) is 0.773. The second-order valence-corrected chi connectivity index (χ2v) is 7.30. The lowest BCUT2D eigenvalue weighted by atomic mass is 10.1. The lowest BCUT2D eigenvalue weighted by Crippen LogP contribution is -2.54. The van der Waals surface area contributed by atoms with E-state index in [2.05, 4.69) is 35.6 Å². The average molecular weight is 350 g/mol. The molecule has 1 fully saturated rings. The Kier molecular flexibility index (Phi) is 6.35. The zero-order valence-corrected chi connectivity index (χ0v) is 16.2. The Hall–Kier alpha value is -1.73. The molecule has 1 aromatic heterocycles. The number of ether oxygens (including phenoxy) is 2. The third-order valence-corrected chi connectivity index (χ3v) is 4.07. The first kappa shape index (κ1) is 19.6. The zero-order valence-electron chi connectivity index (χ0n) is 16.2. The molecule has 2 rings (SSSR count). The number of amides is 1. The van der Waals surface area contributed by atoms with E-state index in [1.54, 1.807) is 14.1 Å². The molecule has 7 nitrogen and oxygen atoms in total. The van der Waals surface area contributed by atoms with Crippen molar-refractivity contribution in [3.8, 4) is 0 Å². The molecule has 0 saturated carbocycles. The number of nitrogens with zero attached hydrogens (tertiary/aromatic N) is 4. The fourth-order valence-electron chi connectivity index (χ4n) is 2.92. The molecule has 140 valence electrons. The minimum Gasteiger partial charge on any atom is -0.369 e. The molecule has 1 aliphatic rings. The van der Waals surface area contributed by atoms with E-state index in [4.69, 9.17) is 9.47 Å². The van der Waals surface area contributed by atoms with Crippen LogP contribution in [0.25, 0.3) is 0 Å². The number of hydrogen-bond acceptors (Lipinski definition) is 6. The third kappa shape index (κ3) is 5.64. The maximum Gasteiger partial charge on any atom is 0.248 e. The molecule has 0 aliphatic carbocycles. The van der Waals surface area contributed by atoms with E-state index in [9.17, 15) is 4.79 Å². The molecule has 1 atom stereocenters. The molecule has 2 heterocycles. The fraction of sp³-hybridized carbons (Fsp3) is 0.722. The number of hydrogen-bond donors (Lipinski definition) is 0. The van der Waals surface area contributed by atoms with Crippen LogP contribution in [0.3, 0.4) is 0 Å². The van der Waals surface area contributed by atoms with Crippen molar-refractivity contribution in [2.75, 3.05) is 45.3 Å². The van der Waals surface area contributed by atoms with Crippen LogP contribution in [-0.4, -0.2) is 72.9 Å². The number of carbonyl (C=O) groups excluding carboxylic acids is 1. The van der Waals surface area contributed by atoms with Crippen LogP contribution >= 0.6 is 0 Å². The first-order valence-corrected chi connectivity index (χ1v) is 8.75. The van der Waals surface area contributed by atoms with Crippen molar-refractivity contribution >= 4 is 11.7 Å². The van der Waals surface area contributed by atoms with Crippen LogP contribution in [0.15, 0.2) is 6.07 Å². The van der Waals surface area contributed by atoms with E-state index >= 15 is 0 Å². The van der Waals surface area contributed by atoms with E-state index in [-0.39, 0.29) is 24.2 Å². The summed E-state index contributed by atoms with van der Waals surface area (Å²) in [6.45, 7) is 10.0. The second kappa shape index (κ2) is 8.10. The highest BCUT2D eigenvalue weighted by Crippen LogP contribution is 2.25. The summed E-state index contributed by atoms with van der Waals surface area (Å²) >= 11 is 0. The van der Waals surface area contributed by atoms with Gasteiger partial charge in [-0.25, -0.2) is 9.97 Å². The van der Waals surface area contributed by atoms with Gasteiger partial charge in [0.2, 0.25) is 5.91 Å². The van der Waals surface area contributed by atoms with E-state index in [0.717, 1.165) is 30.3 Å². The summed E-state index contributed by atoms with van der Waals surface area (Å²) < 4.78 is 11.7. The summed E-state index contributed by atoms with van der Waals surface area (Å²) in [7, 11) is 3.44. The van der Waals surface area contributed by atoms with Gasteiger partial charge < -0.3 is 19.3 Å². The predicted molar refractivity (Wildman–Crippen MR) is 96.8 cm³/mol. The van der Waals surface area contributed by atoms with Gasteiger partial charge >= 0.3 is 0 Å². The second-order valence-electron chi connectivity index (χ2n) is 7.30. The van der Waals surface area contributed by atoms with Gasteiger partial charge in [-0.05, 0) is 27.2 Å². The Morgan fingerprint density at radius 2 is 2.16 bits per heavy atom. The number of rotatable bonds is 6. The van der Waals surface area contributed by atoms with Gasteiger partial charge in [0.25, 0.3) is 0 Å². The molecule has 1 saturated heterocycles. The third-order valence-electron chi connectivity index (χ3n) is 4.07. The Balaban J connectivity index is 2.05. The van der Waals surface area contributed by atoms with Crippen molar-refractivity contribution in [3.05, 3.63) is 17.6 Å². The smallest absolute Gasteiger partial charge is 0.248 e. The molecule has 1 amide bonds. The van der Waals surface area contributed by atoms with Gasteiger partial charge in [-0.2, -0.15) is 0 Å². The summed E-state index contributed by atoms with van der Waals surface area (Å²) in [5, 5.41) is 0. The van der Waals surface area contributed by atoms with Crippen molar-refractivity contribution in [3.63, 3.8) is 0 Å². The van der Waals surface area contributed by atoms with E-state index < -0.39 is 0 Å². The fourth-order valence-corrected chi connectivity index (χ4v) is 2.92. The van der Waals surface area contributed by atoms with Gasteiger partial charge in [-0.1, -0.05) is 6.92 Å². The van der Waals surface area contributed by atoms with Crippen molar-refractivity contribution < 1.29 is 14.3 Å². The van der Waals surface area contributed by atoms with Crippen molar-refractivity contribution in [2.24, 2.45) is 0 Å².